The molecule has 0 spiro atoms. The van der Waals surface area contributed by atoms with Gasteiger partial charge >= 0.3 is 0 Å². The van der Waals surface area contributed by atoms with Gasteiger partial charge in [0.25, 0.3) is 0 Å². The second kappa shape index (κ2) is 5.01. The summed E-state index contributed by atoms with van der Waals surface area (Å²) in [5.74, 6) is 2.19. The van der Waals surface area contributed by atoms with Gasteiger partial charge in [-0.1, -0.05) is 0 Å². The number of aromatic nitrogens is 2. The van der Waals surface area contributed by atoms with Crippen molar-refractivity contribution in [2.45, 2.75) is 37.4 Å². The minimum atomic E-state index is 0.340. The molecular formula is C11H17N3OS. The summed E-state index contributed by atoms with van der Waals surface area (Å²) < 4.78 is 5.51. The molecule has 4 nitrogen and oxygen atoms in total. The Labute approximate surface area is 100.0 Å². The lowest BCUT2D eigenvalue weighted by Crippen LogP contribution is -2.14. The molecule has 1 saturated heterocycles. The zero-order valence-corrected chi connectivity index (χ0v) is 10.5. The number of rotatable bonds is 3. The van der Waals surface area contributed by atoms with E-state index < -0.39 is 0 Å². The third kappa shape index (κ3) is 2.86. The third-order valence-corrected chi connectivity index (χ3v) is 4.13. The molecule has 1 fully saturated rings. The van der Waals surface area contributed by atoms with E-state index in [0.29, 0.717) is 17.2 Å². The Kier molecular flexibility index (Phi) is 3.66. The third-order valence-electron chi connectivity index (χ3n) is 2.65. The molecule has 5 heteroatoms. The number of thioether (sulfide) groups is 1. The van der Waals surface area contributed by atoms with Crippen molar-refractivity contribution >= 4 is 17.6 Å². The van der Waals surface area contributed by atoms with Crippen molar-refractivity contribution in [3.8, 4) is 0 Å². The molecule has 0 radical (unpaired) electrons. The number of nitrogen functional groups attached to an aromatic ring is 1. The van der Waals surface area contributed by atoms with Gasteiger partial charge in [-0.2, -0.15) is 0 Å². The summed E-state index contributed by atoms with van der Waals surface area (Å²) in [6.07, 6.45) is 1.46. The van der Waals surface area contributed by atoms with Crippen LogP contribution in [0.2, 0.25) is 0 Å². The topological polar surface area (TPSA) is 61.0 Å². The summed E-state index contributed by atoms with van der Waals surface area (Å²) in [4.78, 5) is 8.59. The molecule has 0 amide bonds. The number of hydrogen-bond acceptors (Lipinski definition) is 5. The number of ether oxygens (including phenoxy) is 1. The van der Waals surface area contributed by atoms with Gasteiger partial charge in [0.2, 0.25) is 0 Å². The van der Waals surface area contributed by atoms with Crippen molar-refractivity contribution in [3.05, 3.63) is 17.6 Å². The van der Waals surface area contributed by atoms with Crippen molar-refractivity contribution in [2.75, 3.05) is 12.3 Å². The fraction of sp³-hybridized carbons (Fsp3) is 0.636. The van der Waals surface area contributed by atoms with Crippen molar-refractivity contribution in [3.63, 3.8) is 0 Å². The average Bonchev–Trinajstić information content (AvgIpc) is 2.59. The van der Waals surface area contributed by atoms with Crippen LogP contribution < -0.4 is 5.73 Å². The number of nitrogens with two attached hydrogens (primary N) is 1. The Balaban J connectivity index is 1.94. The maximum atomic E-state index is 5.69. The molecule has 2 atom stereocenters. The lowest BCUT2D eigenvalue weighted by atomic mass is 10.3. The molecule has 0 bridgehead atoms. The molecule has 0 saturated carbocycles. The van der Waals surface area contributed by atoms with Crippen molar-refractivity contribution in [2.24, 2.45) is 0 Å². The zero-order chi connectivity index (χ0) is 11.5. The first kappa shape index (κ1) is 11.7. The molecule has 2 rings (SSSR count). The highest BCUT2D eigenvalue weighted by Crippen LogP contribution is 2.28. The lowest BCUT2D eigenvalue weighted by Gasteiger charge is -2.12. The number of hydrogen-bond donors (Lipinski definition) is 1. The Hall–Kier alpha value is -0.810. The molecule has 16 heavy (non-hydrogen) atoms. The van der Waals surface area contributed by atoms with Gasteiger partial charge in [-0.15, -0.1) is 11.8 Å². The highest BCUT2D eigenvalue weighted by atomic mass is 32.2. The van der Waals surface area contributed by atoms with Crippen LogP contribution in [0.3, 0.4) is 0 Å². The van der Waals surface area contributed by atoms with Gasteiger partial charge in [-0.3, -0.25) is 0 Å². The van der Waals surface area contributed by atoms with E-state index in [1.165, 1.54) is 0 Å². The summed E-state index contributed by atoms with van der Waals surface area (Å²) in [6, 6.07) is 1.79. The van der Waals surface area contributed by atoms with Crippen molar-refractivity contribution < 1.29 is 4.74 Å². The van der Waals surface area contributed by atoms with Crippen LogP contribution in [0.4, 0.5) is 5.82 Å². The van der Waals surface area contributed by atoms with Gasteiger partial charge in [-0.25, -0.2) is 9.97 Å². The standard InChI is InChI=1S/C11H17N3OS/c1-7-5-10(12)14-11(13-7)6-16-9-3-4-15-8(9)2/h5,8-9H,3-4,6H2,1-2H3,(H2,12,13,14). The molecule has 1 aromatic heterocycles. The Morgan fingerprint density at radius 2 is 2.38 bits per heavy atom. The largest absolute Gasteiger partial charge is 0.384 e. The summed E-state index contributed by atoms with van der Waals surface area (Å²) in [5, 5.41) is 0.560. The summed E-state index contributed by atoms with van der Waals surface area (Å²) in [6.45, 7) is 4.93. The van der Waals surface area contributed by atoms with Gasteiger partial charge in [-0.05, 0) is 20.3 Å². The summed E-state index contributed by atoms with van der Waals surface area (Å²) in [5.41, 5.74) is 6.61. The second-order valence-electron chi connectivity index (χ2n) is 4.06. The van der Waals surface area contributed by atoms with Crippen LogP contribution in [-0.4, -0.2) is 27.9 Å². The quantitative estimate of drug-likeness (QED) is 0.871. The van der Waals surface area contributed by atoms with Crippen LogP contribution in [0.5, 0.6) is 0 Å². The van der Waals surface area contributed by atoms with E-state index in [4.69, 9.17) is 10.5 Å². The van der Waals surface area contributed by atoms with Gasteiger partial charge in [0.1, 0.15) is 11.6 Å². The summed E-state index contributed by atoms with van der Waals surface area (Å²) in [7, 11) is 0. The zero-order valence-electron chi connectivity index (χ0n) is 9.64. The maximum Gasteiger partial charge on any atom is 0.140 e. The first-order valence-corrected chi connectivity index (χ1v) is 6.53. The molecular weight excluding hydrogens is 222 g/mol. The molecule has 1 aliphatic heterocycles. The van der Waals surface area contributed by atoms with E-state index in [9.17, 15) is 0 Å². The molecule has 1 aliphatic rings. The highest BCUT2D eigenvalue weighted by molar-refractivity contribution is 7.99. The number of nitrogens with zero attached hydrogens (tertiary/aromatic N) is 2. The molecule has 88 valence electrons. The minimum Gasteiger partial charge on any atom is -0.384 e. The van der Waals surface area contributed by atoms with E-state index >= 15 is 0 Å². The Morgan fingerprint density at radius 3 is 3.00 bits per heavy atom. The Morgan fingerprint density at radius 1 is 1.56 bits per heavy atom. The van der Waals surface area contributed by atoms with Gasteiger partial charge in [0.05, 0.1) is 11.9 Å². The van der Waals surface area contributed by atoms with E-state index in [1.807, 2.05) is 18.7 Å². The fourth-order valence-electron chi connectivity index (χ4n) is 1.83. The average molecular weight is 239 g/mol. The van der Waals surface area contributed by atoms with Crippen LogP contribution in [0.25, 0.3) is 0 Å². The number of anilines is 1. The normalized spacial score (nSPS) is 24.9. The first-order chi connectivity index (χ1) is 7.65. The first-order valence-electron chi connectivity index (χ1n) is 5.48. The van der Waals surface area contributed by atoms with Crippen LogP contribution in [0.15, 0.2) is 6.07 Å². The molecule has 0 aromatic carbocycles. The van der Waals surface area contributed by atoms with Crippen molar-refractivity contribution in [1.29, 1.82) is 0 Å². The van der Waals surface area contributed by atoms with Crippen LogP contribution in [0, 0.1) is 6.92 Å². The predicted octanol–water partition coefficient (Wildman–Crippen LogP) is 1.78. The van der Waals surface area contributed by atoms with E-state index in [1.54, 1.807) is 6.07 Å². The van der Waals surface area contributed by atoms with Gasteiger partial charge in [0.15, 0.2) is 0 Å². The SMILES string of the molecule is Cc1cc(N)nc(CSC2CCOC2C)n1. The molecule has 1 aromatic rings. The van der Waals surface area contributed by atoms with Gasteiger partial charge < -0.3 is 10.5 Å². The number of aryl methyl sites for hydroxylation is 1. The minimum absolute atomic E-state index is 0.340. The monoisotopic (exact) mass is 239 g/mol. The van der Waals surface area contributed by atoms with Crippen LogP contribution in [0.1, 0.15) is 24.9 Å². The Bertz CT molecular complexity index is 352. The molecule has 2 N–H and O–H groups in total. The molecule has 2 unspecified atom stereocenters. The van der Waals surface area contributed by atoms with E-state index in [2.05, 4.69) is 16.9 Å². The highest BCUT2D eigenvalue weighted by Gasteiger charge is 2.24. The van der Waals surface area contributed by atoms with Gasteiger partial charge in [0, 0.05) is 23.6 Å². The fourth-order valence-corrected chi connectivity index (χ4v) is 2.94. The lowest BCUT2D eigenvalue weighted by molar-refractivity contribution is 0.127. The van der Waals surface area contributed by atoms with Crippen LogP contribution >= 0.6 is 11.8 Å². The van der Waals surface area contributed by atoms with E-state index in [-0.39, 0.29) is 0 Å². The maximum absolute atomic E-state index is 5.69. The molecule has 0 aliphatic carbocycles. The van der Waals surface area contributed by atoms with E-state index in [0.717, 1.165) is 30.3 Å². The van der Waals surface area contributed by atoms with Crippen molar-refractivity contribution in [1.82, 2.24) is 9.97 Å². The van der Waals surface area contributed by atoms with Crippen LogP contribution in [-0.2, 0) is 10.5 Å². The second-order valence-corrected chi connectivity index (χ2v) is 5.29. The predicted molar refractivity (Wildman–Crippen MR) is 66.3 cm³/mol. The smallest absolute Gasteiger partial charge is 0.140 e. The summed E-state index contributed by atoms with van der Waals surface area (Å²) >= 11 is 1.86. The molecule has 2 heterocycles.